The number of nitrogens with one attached hydrogen (secondary N) is 1. The van der Waals surface area contributed by atoms with E-state index in [0.29, 0.717) is 0 Å². The molecule has 1 aliphatic carbocycles. The Hall–Kier alpha value is -0.610. The van der Waals surface area contributed by atoms with Crippen molar-refractivity contribution in [1.82, 2.24) is 10.2 Å². The molecular weight excluding hydrogens is 240 g/mol. The second kappa shape index (κ2) is 5.80. The van der Waals surface area contributed by atoms with Crippen molar-refractivity contribution in [1.29, 1.82) is 0 Å². The van der Waals surface area contributed by atoms with E-state index in [0.717, 1.165) is 45.1 Å². The third-order valence-corrected chi connectivity index (χ3v) is 4.91. The van der Waals surface area contributed by atoms with E-state index < -0.39 is 0 Å². The smallest absolute Gasteiger partial charge is 0.240 e. The van der Waals surface area contributed by atoms with Gasteiger partial charge in [-0.3, -0.25) is 4.79 Å². The zero-order valence-electron chi connectivity index (χ0n) is 12.5. The Balaban J connectivity index is 2.05. The summed E-state index contributed by atoms with van der Waals surface area (Å²) in [6, 6.07) is -0.110. The minimum absolute atomic E-state index is 0.000719. The van der Waals surface area contributed by atoms with Crippen molar-refractivity contribution in [2.24, 2.45) is 5.41 Å². The maximum Gasteiger partial charge on any atom is 0.240 e. The minimum atomic E-state index is -0.352. The summed E-state index contributed by atoms with van der Waals surface area (Å²) in [4.78, 5) is 14.5. The highest BCUT2D eigenvalue weighted by atomic mass is 16.3. The molecule has 3 unspecified atom stereocenters. The third-order valence-electron chi connectivity index (χ3n) is 4.91. The number of piperidine rings is 1. The van der Waals surface area contributed by atoms with Gasteiger partial charge in [-0.25, -0.2) is 0 Å². The Bertz CT molecular complexity index is 330. The topological polar surface area (TPSA) is 52.6 Å². The number of carbonyl (C=O) groups excluding carboxylic acids is 1. The molecule has 0 radical (unpaired) electrons. The van der Waals surface area contributed by atoms with Gasteiger partial charge in [-0.15, -0.1) is 0 Å². The number of amides is 1. The summed E-state index contributed by atoms with van der Waals surface area (Å²) in [5, 5.41) is 13.5. The first kappa shape index (κ1) is 14.8. The van der Waals surface area contributed by atoms with E-state index in [1.165, 1.54) is 0 Å². The Kier molecular flexibility index (Phi) is 4.51. The van der Waals surface area contributed by atoms with E-state index >= 15 is 0 Å². The first-order valence-electron chi connectivity index (χ1n) is 7.61. The van der Waals surface area contributed by atoms with E-state index in [-0.39, 0.29) is 29.5 Å². The van der Waals surface area contributed by atoms with Crippen LogP contribution in [0, 0.1) is 5.41 Å². The molecule has 0 spiro atoms. The van der Waals surface area contributed by atoms with Crippen LogP contribution in [-0.4, -0.2) is 47.7 Å². The Morgan fingerprint density at radius 2 is 1.95 bits per heavy atom. The van der Waals surface area contributed by atoms with Crippen LogP contribution < -0.4 is 5.32 Å². The Morgan fingerprint density at radius 1 is 1.26 bits per heavy atom. The number of aliphatic hydroxyl groups excluding tert-OH is 1. The summed E-state index contributed by atoms with van der Waals surface area (Å²) >= 11 is 0. The van der Waals surface area contributed by atoms with Gasteiger partial charge in [-0.2, -0.15) is 0 Å². The van der Waals surface area contributed by atoms with Crippen LogP contribution >= 0.6 is 0 Å². The molecule has 1 saturated heterocycles. The van der Waals surface area contributed by atoms with Gasteiger partial charge in [0.05, 0.1) is 18.2 Å². The Morgan fingerprint density at radius 3 is 2.58 bits per heavy atom. The van der Waals surface area contributed by atoms with Crippen molar-refractivity contribution in [3.63, 3.8) is 0 Å². The zero-order chi connectivity index (χ0) is 14.0. The second-order valence-corrected chi connectivity index (χ2v) is 6.85. The lowest BCUT2D eigenvalue weighted by Crippen LogP contribution is -2.59. The van der Waals surface area contributed by atoms with Crippen molar-refractivity contribution in [2.75, 3.05) is 13.6 Å². The van der Waals surface area contributed by atoms with Crippen LogP contribution in [0.3, 0.4) is 0 Å². The number of aliphatic hydroxyl groups is 1. The standard InChI is InChI=1S/C15H28N2O2/c1-15(2)9-6-10-16-13(15)14(19)17(3)11-7-4-5-8-12(11)18/h11-13,16,18H,4-10H2,1-3H3. The molecule has 2 aliphatic rings. The van der Waals surface area contributed by atoms with Crippen LogP contribution in [0.2, 0.25) is 0 Å². The fourth-order valence-electron chi connectivity index (χ4n) is 3.54. The van der Waals surface area contributed by atoms with Gasteiger partial charge < -0.3 is 15.3 Å². The molecule has 0 aromatic rings. The van der Waals surface area contributed by atoms with Gasteiger partial charge in [0.15, 0.2) is 0 Å². The third kappa shape index (κ3) is 3.11. The highest BCUT2D eigenvalue weighted by Gasteiger charge is 2.41. The van der Waals surface area contributed by atoms with Gasteiger partial charge in [0.2, 0.25) is 5.91 Å². The summed E-state index contributed by atoms with van der Waals surface area (Å²) in [5.74, 6) is 0.149. The fourth-order valence-corrected chi connectivity index (χ4v) is 3.54. The number of carbonyl (C=O) groups is 1. The summed E-state index contributed by atoms with van der Waals surface area (Å²) in [5.41, 5.74) is 0.00319. The quantitative estimate of drug-likeness (QED) is 0.798. The van der Waals surface area contributed by atoms with Crippen LogP contribution in [0.25, 0.3) is 0 Å². The van der Waals surface area contributed by atoms with Gasteiger partial charge >= 0.3 is 0 Å². The molecular formula is C15H28N2O2. The average molecular weight is 268 g/mol. The normalized spacial score (nSPS) is 34.8. The van der Waals surface area contributed by atoms with Crippen LogP contribution in [0.4, 0.5) is 0 Å². The van der Waals surface area contributed by atoms with E-state index in [1.54, 1.807) is 4.90 Å². The van der Waals surface area contributed by atoms with Crippen molar-refractivity contribution in [2.45, 2.75) is 70.6 Å². The lowest BCUT2D eigenvalue weighted by atomic mass is 9.76. The highest BCUT2D eigenvalue weighted by molar-refractivity contribution is 5.83. The van der Waals surface area contributed by atoms with E-state index in [9.17, 15) is 9.90 Å². The predicted molar refractivity (Wildman–Crippen MR) is 75.8 cm³/mol. The summed E-state index contributed by atoms with van der Waals surface area (Å²) < 4.78 is 0. The van der Waals surface area contributed by atoms with E-state index in [4.69, 9.17) is 0 Å². The zero-order valence-corrected chi connectivity index (χ0v) is 12.5. The number of likely N-dealkylation sites (N-methyl/N-ethyl adjacent to an activating group) is 1. The number of rotatable bonds is 2. The second-order valence-electron chi connectivity index (χ2n) is 6.85. The summed E-state index contributed by atoms with van der Waals surface area (Å²) in [6.45, 7) is 5.24. The lowest BCUT2D eigenvalue weighted by molar-refractivity contribution is -0.141. The van der Waals surface area contributed by atoms with Crippen LogP contribution in [-0.2, 0) is 4.79 Å². The van der Waals surface area contributed by atoms with Crippen LogP contribution in [0.5, 0.6) is 0 Å². The molecule has 1 heterocycles. The molecule has 2 N–H and O–H groups in total. The molecule has 2 rings (SSSR count). The lowest BCUT2D eigenvalue weighted by Gasteiger charge is -2.43. The minimum Gasteiger partial charge on any atom is -0.391 e. The molecule has 110 valence electrons. The molecule has 0 aromatic heterocycles. The molecule has 2 fully saturated rings. The van der Waals surface area contributed by atoms with Gasteiger partial charge in [-0.05, 0) is 37.6 Å². The molecule has 4 nitrogen and oxygen atoms in total. The van der Waals surface area contributed by atoms with Gasteiger partial charge in [0.1, 0.15) is 0 Å². The molecule has 1 aliphatic heterocycles. The molecule has 19 heavy (non-hydrogen) atoms. The maximum absolute atomic E-state index is 12.7. The van der Waals surface area contributed by atoms with Crippen molar-refractivity contribution < 1.29 is 9.90 Å². The average Bonchev–Trinajstić information content (AvgIpc) is 2.37. The first-order chi connectivity index (χ1) is 8.93. The number of nitrogens with zero attached hydrogens (tertiary/aromatic N) is 1. The van der Waals surface area contributed by atoms with Crippen molar-refractivity contribution >= 4 is 5.91 Å². The largest absolute Gasteiger partial charge is 0.391 e. The first-order valence-corrected chi connectivity index (χ1v) is 7.61. The van der Waals surface area contributed by atoms with Crippen LogP contribution in [0.1, 0.15) is 52.4 Å². The maximum atomic E-state index is 12.7. The van der Waals surface area contributed by atoms with Gasteiger partial charge in [-0.1, -0.05) is 26.7 Å². The molecule has 1 saturated carbocycles. The Labute approximate surface area is 116 Å². The molecule has 4 heteroatoms. The van der Waals surface area contributed by atoms with Crippen LogP contribution in [0.15, 0.2) is 0 Å². The van der Waals surface area contributed by atoms with Gasteiger partial charge in [0.25, 0.3) is 0 Å². The van der Waals surface area contributed by atoms with Crippen molar-refractivity contribution in [3.8, 4) is 0 Å². The number of hydrogen-bond donors (Lipinski definition) is 2. The van der Waals surface area contributed by atoms with E-state index in [1.807, 2.05) is 7.05 Å². The SMILES string of the molecule is CN(C(=O)C1NCCCC1(C)C)C1CCCCC1O. The highest BCUT2D eigenvalue weighted by Crippen LogP contribution is 2.32. The molecule has 0 aromatic carbocycles. The number of hydrogen-bond acceptors (Lipinski definition) is 3. The molecule has 0 bridgehead atoms. The monoisotopic (exact) mass is 268 g/mol. The molecule has 3 atom stereocenters. The summed E-state index contributed by atoms with van der Waals surface area (Å²) in [7, 11) is 1.86. The van der Waals surface area contributed by atoms with Gasteiger partial charge in [0, 0.05) is 7.05 Å². The van der Waals surface area contributed by atoms with Crippen molar-refractivity contribution in [3.05, 3.63) is 0 Å². The fraction of sp³-hybridized carbons (Fsp3) is 0.933. The summed E-state index contributed by atoms with van der Waals surface area (Å²) in [6.07, 6.45) is 5.80. The molecule has 1 amide bonds. The predicted octanol–water partition coefficient (Wildman–Crippen LogP) is 1.53. The van der Waals surface area contributed by atoms with E-state index in [2.05, 4.69) is 19.2 Å².